The van der Waals surface area contributed by atoms with E-state index in [-0.39, 0.29) is 16.5 Å². The molecule has 0 fully saturated rings. The van der Waals surface area contributed by atoms with Crippen molar-refractivity contribution < 1.29 is 35.8 Å². The molecule has 0 unspecified atom stereocenters. The van der Waals surface area contributed by atoms with Crippen LogP contribution in [0.5, 0.6) is 11.5 Å². The first-order chi connectivity index (χ1) is 21.7. The maximum Gasteiger partial charge on any atom is 0.295 e. The summed E-state index contributed by atoms with van der Waals surface area (Å²) in [6, 6.07) is 22.5. The minimum absolute atomic E-state index is 0.0283. The van der Waals surface area contributed by atoms with Gasteiger partial charge in [-0.1, -0.05) is 18.2 Å². The number of rotatable bonds is 9. The van der Waals surface area contributed by atoms with Gasteiger partial charge in [0.15, 0.2) is 0 Å². The van der Waals surface area contributed by atoms with Gasteiger partial charge < -0.3 is 9.84 Å². The van der Waals surface area contributed by atoms with Gasteiger partial charge in [0, 0.05) is 5.39 Å². The molecule has 0 aromatic heterocycles. The Morgan fingerprint density at radius 2 is 1.26 bits per heavy atom. The summed E-state index contributed by atoms with van der Waals surface area (Å²) < 4.78 is 72.5. The summed E-state index contributed by atoms with van der Waals surface area (Å²) in [4.78, 5) is -1.63. The Labute approximate surface area is 265 Å². The van der Waals surface area contributed by atoms with E-state index in [1.165, 1.54) is 6.07 Å². The summed E-state index contributed by atoms with van der Waals surface area (Å²) in [6.07, 6.45) is 0. The highest BCUT2D eigenvalue weighted by molar-refractivity contribution is 7.86. The predicted molar refractivity (Wildman–Crippen MR) is 173 cm³/mol. The Bertz CT molecular complexity index is 2250. The molecule has 0 bridgehead atoms. The van der Waals surface area contributed by atoms with Crippen LogP contribution in [-0.2, 0) is 20.2 Å². The van der Waals surface area contributed by atoms with Crippen LogP contribution in [-0.4, -0.2) is 37.7 Å². The number of azo groups is 2. The number of nitrogens with zero attached hydrogens (tertiary/aromatic N) is 4. The van der Waals surface area contributed by atoms with Gasteiger partial charge in [0.05, 0.1) is 28.6 Å². The van der Waals surface area contributed by atoms with E-state index in [4.69, 9.17) is 4.74 Å². The minimum Gasteiger partial charge on any atom is -0.506 e. The van der Waals surface area contributed by atoms with Crippen LogP contribution >= 0.6 is 0 Å². The average Bonchev–Trinajstić information content (AvgIpc) is 3.00. The van der Waals surface area contributed by atoms with E-state index >= 15 is 0 Å². The molecule has 5 aromatic rings. The summed E-state index contributed by atoms with van der Waals surface area (Å²) in [5.74, 6) is 0.296. The molecule has 0 aliphatic carbocycles. The van der Waals surface area contributed by atoms with E-state index in [9.17, 15) is 31.0 Å². The van der Waals surface area contributed by atoms with Gasteiger partial charge in [-0.2, -0.15) is 32.2 Å². The van der Waals surface area contributed by atoms with Gasteiger partial charge >= 0.3 is 0 Å². The molecule has 0 spiro atoms. The monoisotopic (exact) mass is 660 g/mol. The van der Waals surface area contributed by atoms with Gasteiger partial charge in [-0.25, -0.2) is 0 Å². The van der Waals surface area contributed by atoms with E-state index in [1.807, 2.05) is 68.4 Å². The zero-order valence-corrected chi connectivity index (χ0v) is 26.4. The number of aromatic hydroxyl groups is 1. The molecule has 0 atom stereocenters. The molecule has 12 nitrogen and oxygen atoms in total. The number of aryl methyl sites for hydroxylation is 2. The van der Waals surface area contributed by atoms with Crippen molar-refractivity contribution in [2.45, 2.75) is 30.6 Å². The third-order valence-corrected chi connectivity index (χ3v) is 8.70. The molecule has 0 aliphatic heterocycles. The third kappa shape index (κ3) is 7.10. The lowest BCUT2D eigenvalue weighted by Crippen LogP contribution is -2.04. The Morgan fingerprint density at radius 1 is 0.674 bits per heavy atom. The van der Waals surface area contributed by atoms with Crippen LogP contribution in [0.25, 0.3) is 21.9 Å². The van der Waals surface area contributed by atoms with Crippen LogP contribution in [0, 0.1) is 13.8 Å². The van der Waals surface area contributed by atoms with Crippen molar-refractivity contribution in [2.75, 3.05) is 6.61 Å². The Balaban J connectivity index is 1.44. The standard InChI is InChI=1S/C32H28N4O8S2/c1-4-44-25-10-8-24(9-11-25)33-34-27-12-5-21(15-19(27)2)22-6-13-28(20(3)16-22)35-36-32-29(37)14-7-23-17-26(45(38,39)40)18-30(31(23)32)46(41,42)43/h5-18,37H,4H2,1-3H3,(H,38,39,40)(H,41,42,43). The van der Waals surface area contributed by atoms with Crippen molar-refractivity contribution in [3.8, 4) is 22.6 Å². The summed E-state index contributed by atoms with van der Waals surface area (Å²) in [5, 5.41) is 27.2. The summed E-state index contributed by atoms with van der Waals surface area (Å²) in [5.41, 5.74) is 4.91. The van der Waals surface area contributed by atoms with Crippen molar-refractivity contribution in [1.29, 1.82) is 0 Å². The van der Waals surface area contributed by atoms with Crippen LogP contribution in [0.1, 0.15) is 18.1 Å². The molecule has 0 aliphatic rings. The fraction of sp³-hybridized carbons (Fsp3) is 0.125. The molecule has 0 radical (unpaired) electrons. The molecule has 3 N–H and O–H groups in total. The molecule has 0 heterocycles. The molecule has 236 valence electrons. The largest absolute Gasteiger partial charge is 0.506 e. The molecular weight excluding hydrogens is 633 g/mol. The van der Waals surface area contributed by atoms with Gasteiger partial charge in [-0.05, 0) is 115 Å². The number of hydrogen-bond acceptors (Lipinski definition) is 10. The van der Waals surface area contributed by atoms with Crippen LogP contribution in [0.2, 0.25) is 0 Å². The highest BCUT2D eigenvalue weighted by atomic mass is 32.2. The van der Waals surface area contributed by atoms with E-state index in [0.717, 1.165) is 34.6 Å². The second-order valence-electron chi connectivity index (χ2n) is 10.2. The quantitative estimate of drug-likeness (QED) is 0.104. The molecule has 46 heavy (non-hydrogen) atoms. The topological polar surface area (TPSA) is 188 Å². The fourth-order valence-corrected chi connectivity index (χ4v) is 6.08. The summed E-state index contributed by atoms with van der Waals surface area (Å²) in [7, 11) is -9.83. The fourth-order valence-electron chi connectivity index (χ4n) is 4.71. The lowest BCUT2D eigenvalue weighted by atomic mass is 10.0. The molecule has 0 saturated carbocycles. The molecule has 5 rings (SSSR count). The average molecular weight is 661 g/mol. The Hall–Kier alpha value is -5.02. The van der Waals surface area contributed by atoms with Crippen molar-refractivity contribution in [3.63, 3.8) is 0 Å². The van der Waals surface area contributed by atoms with Gasteiger partial charge in [-0.3, -0.25) is 9.11 Å². The van der Waals surface area contributed by atoms with E-state index in [0.29, 0.717) is 35.3 Å². The van der Waals surface area contributed by atoms with E-state index in [2.05, 4.69) is 20.5 Å². The van der Waals surface area contributed by atoms with Gasteiger partial charge in [0.1, 0.15) is 22.1 Å². The first-order valence-electron chi connectivity index (χ1n) is 13.8. The molecule has 5 aromatic carbocycles. The SMILES string of the molecule is CCOc1ccc(N=Nc2ccc(-c3ccc(N=Nc4c(O)ccc5cc(S(=O)(=O)O)cc(S(=O)(=O)O)c45)c(C)c3)cc2C)cc1. The highest BCUT2D eigenvalue weighted by Crippen LogP contribution is 2.41. The van der Waals surface area contributed by atoms with Crippen molar-refractivity contribution in [2.24, 2.45) is 20.5 Å². The molecular formula is C32H28N4O8S2. The molecule has 0 saturated heterocycles. The Kier molecular flexibility index (Phi) is 8.99. The van der Waals surface area contributed by atoms with Crippen LogP contribution in [0.4, 0.5) is 22.7 Å². The second kappa shape index (κ2) is 12.8. The molecule has 0 amide bonds. The molecule has 14 heteroatoms. The first-order valence-corrected chi connectivity index (χ1v) is 16.7. The second-order valence-corrected chi connectivity index (χ2v) is 13.0. The van der Waals surface area contributed by atoms with Crippen LogP contribution in [0.3, 0.4) is 0 Å². The highest BCUT2D eigenvalue weighted by Gasteiger charge is 2.24. The van der Waals surface area contributed by atoms with Gasteiger partial charge in [0.2, 0.25) is 0 Å². The van der Waals surface area contributed by atoms with Crippen molar-refractivity contribution >= 4 is 53.8 Å². The predicted octanol–water partition coefficient (Wildman–Crippen LogP) is 8.55. The number of phenols is 1. The lowest BCUT2D eigenvalue weighted by molar-refractivity contribution is 0.340. The minimum atomic E-state index is -5.01. The zero-order chi connectivity index (χ0) is 33.2. The smallest absolute Gasteiger partial charge is 0.295 e. The third-order valence-electron chi connectivity index (χ3n) is 6.99. The van der Waals surface area contributed by atoms with Crippen LogP contribution in [0.15, 0.2) is 115 Å². The van der Waals surface area contributed by atoms with E-state index < -0.39 is 35.8 Å². The maximum absolute atomic E-state index is 12.2. The number of ether oxygens (including phenoxy) is 1. The summed E-state index contributed by atoms with van der Waals surface area (Å²) in [6.45, 7) is 6.24. The first kappa shape index (κ1) is 32.4. The number of benzene rings is 5. The van der Waals surface area contributed by atoms with E-state index in [1.54, 1.807) is 13.0 Å². The normalized spacial score (nSPS) is 12.4. The zero-order valence-electron chi connectivity index (χ0n) is 24.8. The van der Waals surface area contributed by atoms with Crippen LogP contribution < -0.4 is 4.74 Å². The number of phenolic OH excluding ortho intramolecular Hbond substituents is 1. The maximum atomic E-state index is 12.2. The summed E-state index contributed by atoms with van der Waals surface area (Å²) >= 11 is 0. The number of hydrogen-bond donors (Lipinski definition) is 3. The van der Waals surface area contributed by atoms with Crippen molar-refractivity contribution in [3.05, 3.63) is 96.1 Å². The van der Waals surface area contributed by atoms with Gasteiger partial charge in [-0.15, -0.1) is 5.11 Å². The lowest BCUT2D eigenvalue weighted by Gasteiger charge is -2.11. The van der Waals surface area contributed by atoms with Crippen molar-refractivity contribution in [1.82, 2.24) is 0 Å². The number of fused-ring (bicyclic) bond motifs is 1. The van der Waals surface area contributed by atoms with Gasteiger partial charge in [0.25, 0.3) is 20.2 Å². The Morgan fingerprint density at radius 3 is 1.78 bits per heavy atom.